The van der Waals surface area contributed by atoms with Crippen LogP contribution in [0.3, 0.4) is 0 Å². The molecule has 29 heavy (non-hydrogen) atoms. The van der Waals surface area contributed by atoms with Crippen molar-refractivity contribution in [3.8, 4) is 0 Å². The molecule has 6 nitrogen and oxygen atoms in total. The largest absolute Gasteiger partial charge is 0.348 e. The van der Waals surface area contributed by atoms with Crippen molar-refractivity contribution in [2.75, 3.05) is 13.1 Å². The molecule has 0 spiro atoms. The van der Waals surface area contributed by atoms with Gasteiger partial charge >= 0.3 is 0 Å². The van der Waals surface area contributed by atoms with E-state index >= 15 is 0 Å². The lowest BCUT2D eigenvalue weighted by molar-refractivity contribution is -0.132. The first-order valence-corrected chi connectivity index (χ1v) is 11.0. The number of carbonyl (C=O) groups excluding carboxylic acids is 1. The molecule has 0 saturated carbocycles. The Morgan fingerprint density at radius 2 is 1.72 bits per heavy atom. The minimum atomic E-state index is -3.75. The standard InChI is InChI=1S/C22H23N3O3S/c1-17-9-11-19(12-10-17)29(27,28)23-16-21(26)25-15-14-24-13-5-8-20(24)22(25)18-6-3-2-4-7-18/h2-13,22-23H,14-16H2,1H3. The number of aromatic nitrogens is 1. The van der Waals surface area contributed by atoms with Crippen molar-refractivity contribution in [2.24, 2.45) is 0 Å². The van der Waals surface area contributed by atoms with Gasteiger partial charge in [0.05, 0.1) is 17.5 Å². The van der Waals surface area contributed by atoms with Crippen LogP contribution in [-0.4, -0.2) is 36.9 Å². The lowest BCUT2D eigenvalue weighted by Gasteiger charge is -2.37. The monoisotopic (exact) mass is 409 g/mol. The molecule has 0 aliphatic carbocycles. The number of amides is 1. The molecule has 3 aromatic rings. The second-order valence-electron chi connectivity index (χ2n) is 7.16. The minimum absolute atomic E-state index is 0.156. The van der Waals surface area contributed by atoms with E-state index in [0.717, 1.165) is 16.8 Å². The van der Waals surface area contributed by atoms with Crippen molar-refractivity contribution in [1.82, 2.24) is 14.2 Å². The molecule has 1 amide bonds. The van der Waals surface area contributed by atoms with Crippen LogP contribution in [0.4, 0.5) is 0 Å². The molecule has 4 rings (SSSR count). The Balaban J connectivity index is 1.55. The number of hydrogen-bond donors (Lipinski definition) is 1. The van der Waals surface area contributed by atoms with Gasteiger partial charge in [-0.2, -0.15) is 0 Å². The van der Waals surface area contributed by atoms with Crippen LogP contribution in [0.15, 0.2) is 77.8 Å². The molecule has 0 saturated heterocycles. The first-order valence-electron chi connectivity index (χ1n) is 9.51. The number of carbonyl (C=O) groups is 1. The van der Waals surface area contributed by atoms with Gasteiger partial charge in [0, 0.05) is 25.0 Å². The first kappa shape index (κ1) is 19.4. The molecule has 1 N–H and O–H groups in total. The van der Waals surface area contributed by atoms with Gasteiger partial charge < -0.3 is 9.47 Å². The summed E-state index contributed by atoms with van der Waals surface area (Å²) >= 11 is 0. The second-order valence-corrected chi connectivity index (χ2v) is 8.93. The van der Waals surface area contributed by atoms with Crippen LogP contribution in [0.25, 0.3) is 0 Å². The lowest BCUT2D eigenvalue weighted by Crippen LogP contribution is -2.46. The van der Waals surface area contributed by atoms with Crippen molar-refractivity contribution in [3.05, 3.63) is 89.7 Å². The number of aryl methyl sites for hydroxylation is 1. The summed E-state index contributed by atoms with van der Waals surface area (Å²) in [6.07, 6.45) is 2.01. The number of benzene rings is 2. The molecule has 2 aromatic carbocycles. The topological polar surface area (TPSA) is 71.4 Å². The van der Waals surface area contributed by atoms with Crippen molar-refractivity contribution in [2.45, 2.75) is 24.4 Å². The van der Waals surface area contributed by atoms with Gasteiger partial charge in [0.25, 0.3) is 0 Å². The van der Waals surface area contributed by atoms with Crippen LogP contribution >= 0.6 is 0 Å². The van der Waals surface area contributed by atoms with E-state index in [4.69, 9.17) is 0 Å². The summed E-state index contributed by atoms with van der Waals surface area (Å²) in [4.78, 5) is 14.9. The summed E-state index contributed by atoms with van der Waals surface area (Å²) in [7, 11) is -3.75. The van der Waals surface area contributed by atoms with E-state index in [1.54, 1.807) is 29.2 Å². The number of hydrogen-bond acceptors (Lipinski definition) is 3. The highest BCUT2D eigenvalue weighted by Gasteiger charge is 2.32. The third-order valence-corrected chi connectivity index (χ3v) is 6.64. The quantitative estimate of drug-likeness (QED) is 0.704. The van der Waals surface area contributed by atoms with Crippen LogP contribution in [0.5, 0.6) is 0 Å². The van der Waals surface area contributed by atoms with Gasteiger partial charge in [-0.05, 0) is 36.8 Å². The van der Waals surface area contributed by atoms with Crippen LogP contribution in [-0.2, 0) is 21.4 Å². The predicted molar refractivity (Wildman–Crippen MR) is 111 cm³/mol. The fourth-order valence-corrected chi connectivity index (χ4v) is 4.67. The van der Waals surface area contributed by atoms with Crippen LogP contribution in [0, 0.1) is 6.92 Å². The van der Waals surface area contributed by atoms with Crippen molar-refractivity contribution >= 4 is 15.9 Å². The Labute approximate surface area is 170 Å². The molecule has 0 radical (unpaired) electrons. The zero-order valence-corrected chi connectivity index (χ0v) is 17.0. The summed E-state index contributed by atoms with van der Waals surface area (Å²) in [5, 5.41) is 0. The Morgan fingerprint density at radius 1 is 1.00 bits per heavy atom. The van der Waals surface area contributed by atoms with Gasteiger partial charge in [-0.1, -0.05) is 48.0 Å². The molecule has 0 fully saturated rings. The van der Waals surface area contributed by atoms with E-state index in [2.05, 4.69) is 9.29 Å². The maximum Gasteiger partial charge on any atom is 0.241 e. The lowest BCUT2D eigenvalue weighted by atomic mass is 10.00. The molecule has 0 bridgehead atoms. The zero-order chi connectivity index (χ0) is 20.4. The van der Waals surface area contributed by atoms with Gasteiger partial charge in [0.1, 0.15) is 0 Å². The average molecular weight is 410 g/mol. The predicted octanol–water partition coefficient (Wildman–Crippen LogP) is 2.71. The fourth-order valence-electron chi connectivity index (χ4n) is 3.70. The molecule has 1 aliphatic heterocycles. The molecule has 1 atom stereocenters. The summed E-state index contributed by atoms with van der Waals surface area (Å²) in [6, 6.07) is 20.1. The summed E-state index contributed by atoms with van der Waals surface area (Å²) in [5.41, 5.74) is 3.00. The van der Waals surface area contributed by atoms with Crippen molar-refractivity contribution < 1.29 is 13.2 Å². The summed E-state index contributed by atoms with van der Waals surface area (Å²) in [6.45, 7) is 2.82. The Bertz CT molecular complexity index is 1110. The SMILES string of the molecule is Cc1ccc(S(=O)(=O)NCC(=O)N2CCn3cccc3C2c2ccccc2)cc1. The van der Waals surface area contributed by atoms with Gasteiger partial charge in [0.2, 0.25) is 15.9 Å². The third-order valence-electron chi connectivity index (χ3n) is 5.22. The fraction of sp³-hybridized carbons (Fsp3) is 0.227. The van der Waals surface area contributed by atoms with E-state index in [0.29, 0.717) is 13.1 Å². The Morgan fingerprint density at radius 3 is 2.45 bits per heavy atom. The molecule has 7 heteroatoms. The average Bonchev–Trinajstić information content (AvgIpc) is 3.21. The number of nitrogens with one attached hydrogen (secondary N) is 1. The molecular formula is C22H23N3O3S. The first-order chi connectivity index (χ1) is 14.0. The maximum atomic E-state index is 13.0. The van der Waals surface area contributed by atoms with Gasteiger partial charge in [0.15, 0.2) is 0 Å². The van der Waals surface area contributed by atoms with E-state index < -0.39 is 10.0 Å². The molecule has 2 heterocycles. The molecular weight excluding hydrogens is 386 g/mol. The van der Waals surface area contributed by atoms with E-state index in [1.165, 1.54) is 0 Å². The van der Waals surface area contributed by atoms with E-state index in [9.17, 15) is 13.2 Å². The van der Waals surface area contributed by atoms with Crippen molar-refractivity contribution in [1.29, 1.82) is 0 Å². The Kier molecular flexibility index (Phi) is 5.25. The summed E-state index contributed by atoms with van der Waals surface area (Å²) < 4.78 is 29.7. The van der Waals surface area contributed by atoms with Crippen LogP contribution in [0.1, 0.15) is 22.9 Å². The number of fused-ring (bicyclic) bond motifs is 1. The summed E-state index contributed by atoms with van der Waals surface area (Å²) in [5.74, 6) is -0.248. The second kappa shape index (κ2) is 7.85. The van der Waals surface area contributed by atoms with Gasteiger partial charge in [-0.3, -0.25) is 4.79 Å². The maximum absolute atomic E-state index is 13.0. The highest BCUT2D eigenvalue weighted by atomic mass is 32.2. The number of nitrogens with zero attached hydrogens (tertiary/aromatic N) is 2. The number of sulfonamides is 1. The molecule has 150 valence electrons. The smallest absolute Gasteiger partial charge is 0.241 e. The highest BCUT2D eigenvalue weighted by molar-refractivity contribution is 7.89. The van der Waals surface area contributed by atoms with E-state index in [1.807, 2.05) is 55.6 Å². The molecule has 1 aliphatic rings. The zero-order valence-electron chi connectivity index (χ0n) is 16.2. The Hall–Kier alpha value is -2.90. The van der Waals surface area contributed by atoms with E-state index in [-0.39, 0.29) is 23.4 Å². The van der Waals surface area contributed by atoms with Crippen LogP contribution in [0.2, 0.25) is 0 Å². The van der Waals surface area contributed by atoms with Gasteiger partial charge in [-0.15, -0.1) is 0 Å². The van der Waals surface area contributed by atoms with Gasteiger partial charge in [-0.25, -0.2) is 13.1 Å². The normalized spacial score (nSPS) is 16.4. The van der Waals surface area contributed by atoms with Crippen molar-refractivity contribution in [3.63, 3.8) is 0 Å². The molecule has 1 aromatic heterocycles. The molecule has 1 unspecified atom stereocenters. The minimum Gasteiger partial charge on any atom is -0.348 e. The van der Waals surface area contributed by atoms with Crippen LogP contribution < -0.4 is 4.72 Å². The highest BCUT2D eigenvalue weighted by Crippen LogP contribution is 2.32. The number of rotatable bonds is 5. The third kappa shape index (κ3) is 3.97.